The van der Waals surface area contributed by atoms with Crippen molar-refractivity contribution in [2.24, 2.45) is 0 Å². The summed E-state index contributed by atoms with van der Waals surface area (Å²) in [6.45, 7) is -0.0517. The molecule has 0 radical (unpaired) electrons. The maximum Gasteiger partial charge on any atom is 0.137 e. The van der Waals surface area contributed by atoms with E-state index in [0.717, 1.165) is 15.6 Å². The fourth-order valence-electron chi connectivity index (χ4n) is 1.46. The Balaban J connectivity index is 2.82. The van der Waals surface area contributed by atoms with Gasteiger partial charge in [0.05, 0.1) is 18.4 Å². The van der Waals surface area contributed by atoms with Gasteiger partial charge in [-0.2, -0.15) is 0 Å². The number of aliphatic hydroxyl groups excluding tert-OH is 1. The van der Waals surface area contributed by atoms with E-state index in [1.165, 1.54) is 11.3 Å². The number of aromatic hydroxyl groups is 1. The molecule has 2 N–H and O–H groups in total. The van der Waals surface area contributed by atoms with Crippen LogP contribution >= 0.6 is 11.3 Å². The number of thiophene rings is 1. The maximum atomic E-state index is 9.57. The van der Waals surface area contributed by atoms with Crippen molar-refractivity contribution < 1.29 is 14.9 Å². The van der Waals surface area contributed by atoms with Crippen molar-refractivity contribution >= 4 is 21.4 Å². The molecular formula is C10H10O3S. The molecular weight excluding hydrogens is 200 g/mol. The molecule has 0 atom stereocenters. The fraction of sp³-hybridized carbons (Fsp3) is 0.200. The molecule has 0 aliphatic heterocycles. The number of aliphatic hydroxyl groups is 1. The minimum atomic E-state index is -0.0517. The average Bonchev–Trinajstić information content (AvgIpc) is 2.63. The Morgan fingerprint density at radius 1 is 1.43 bits per heavy atom. The third kappa shape index (κ3) is 1.23. The van der Waals surface area contributed by atoms with Crippen LogP contribution in [0, 0.1) is 0 Å². The summed E-state index contributed by atoms with van der Waals surface area (Å²) in [5, 5.41) is 21.3. The number of hydrogen-bond acceptors (Lipinski definition) is 4. The highest BCUT2D eigenvalue weighted by Crippen LogP contribution is 2.39. The molecule has 0 bridgehead atoms. The predicted molar refractivity (Wildman–Crippen MR) is 56.0 cm³/mol. The van der Waals surface area contributed by atoms with Gasteiger partial charge >= 0.3 is 0 Å². The number of phenols is 1. The molecule has 0 saturated carbocycles. The summed E-state index contributed by atoms with van der Waals surface area (Å²) < 4.78 is 5.91. The van der Waals surface area contributed by atoms with Gasteiger partial charge in [0.15, 0.2) is 0 Å². The van der Waals surface area contributed by atoms with Crippen molar-refractivity contribution in [3.05, 3.63) is 23.1 Å². The van der Waals surface area contributed by atoms with E-state index in [2.05, 4.69) is 0 Å². The largest absolute Gasteiger partial charge is 0.506 e. The lowest BCUT2D eigenvalue weighted by molar-refractivity contribution is 0.283. The van der Waals surface area contributed by atoms with E-state index < -0.39 is 0 Å². The van der Waals surface area contributed by atoms with Crippen molar-refractivity contribution in [3.63, 3.8) is 0 Å². The molecule has 2 aromatic rings. The van der Waals surface area contributed by atoms with Crippen molar-refractivity contribution in [3.8, 4) is 11.5 Å². The van der Waals surface area contributed by atoms with Crippen LogP contribution in [0.4, 0.5) is 0 Å². The van der Waals surface area contributed by atoms with Gasteiger partial charge in [0, 0.05) is 10.8 Å². The van der Waals surface area contributed by atoms with Crippen molar-refractivity contribution in [1.29, 1.82) is 0 Å². The molecule has 2 rings (SSSR count). The normalized spacial score (nSPS) is 10.7. The Morgan fingerprint density at radius 3 is 2.86 bits per heavy atom. The first-order valence-electron chi connectivity index (χ1n) is 4.14. The van der Waals surface area contributed by atoms with E-state index in [1.807, 2.05) is 5.38 Å². The summed E-state index contributed by atoms with van der Waals surface area (Å²) in [5.74, 6) is 0.926. The zero-order chi connectivity index (χ0) is 10.1. The lowest BCUT2D eigenvalue weighted by atomic mass is 10.1. The van der Waals surface area contributed by atoms with Gasteiger partial charge in [-0.15, -0.1) is 11.3 Å². The molecule has 0 aliphatic rings. The third-order valence-corrected chi connectivity index (χ3v) is 3.12. The van der Waals surface area contributed by atoms with Gasteiger partial charge in [-0.1, -0.05) is 6.07 Å². The molecule has 1 aromatic carbocycles. The first-order chi connectivity index (χ1) is 6.77. The first kappa shape index (κ1) is 9.30. The van der Waals surface area contributed by atoms with Crippen LogP contribution in [0.3, 0.4) is 0 Å². The minimum absolute atomic E-state index is 0.0517. The van der Waals surface area contributed by atoms with E-state index in [9.17, 15) is 5.11 Å². The molecule has 74 valence electrons. The van der Waals surface area contributed by atoms with Crippen LogP contribution in [0.5, 0.6) is 11.5 Å². The molecule has 0 spiro atoms. The van der Waals surface area contributed by atoms with Crippen LogP contribution in [0.25, 0.3) is 10.1 Å². The van der Waals surface area contributed by atoms with Crippen LogP contribution in [-0.4, -0.2) is 17.3 Å². The van der Waals surface area contributed by atoms with E-state index >= 15 is 0 Å². The number of fused-ring (bicyclic) bond motifs is 1. The summed E-state index contributed by atoms with van der Waals surface area (Å²) in [5.41, 5.74) is 0.774. The van der Waals surface area contributed by atoms with Crippen LogP contribution in [0.1, 0.15) is 5.56 Å². The second-order valence-electron chi connectivity index (χ2n) is 2.91. The van der Waals surface area contributed by atoms with Gasteiger partial charge in [-0.05, 0) is 11.6 Å². The first-order valence-corrected chi connectivity index (χ1v) is 5.02. The van der Waals surface area contributed by atoms with Crippen LogP contribution in [-0.2, 0) is 6.61 Å². The van der Waals surface area contributed by atoms with Gasteiger partial charge in [0.25, 0.3) is 0 Å². The minimum Gasteiger partial charge on any atom is -0.506 e. The molecule has 0 amide bonds. The second-order valence-corrected chi connectivity index (χ2v) is 3.79. The van der Waals surface area contributed by atoms with E-state index in [4.69, 9.17) is 9.84 Å². The van der Waals surface area contributed by atoms with Gasteiger partial charge in [0.1, 0.15) is 11.5 Å². The van der Waals surface area contributed by atoms with E-state index in [0.29, 0.717) is 5.75 Å². The molecule has 1 heterocycles. The van der Waals surface area contributed by atoms with Gasteiger partial charge in [-0.3, -0.25) is 0 Å². The molecule has 0 saturated heterocycles. The highest BCUT2D eigenvalue weighted by atomic mass is 32.1. The smallest absolute Gasteiger partial charge is 0.137 e. The number of methoxy groups -OCH3 is 1. The highest BCUT2D eigenvalue weighted by Gasteiger charge is 2.11. The maximum absolute atomic E-state index is 9.57. The fourth-order valence-corrected chi connectivity index (χ4v) is 2.43. The molecule has 0 aliphatic carbocycles. The van der Waals surface area contributed by atoms with Crippen LogP contribution in [0.15, 0.2) is 17.5 Å². The number of ether oxygens (including phenoxy) is 1. The lowest BCUT2D eigenvalue weighted by Gasteiger charge is -2.03. The standard InChI is InChI=1S/C10H10O3S/c1-13-8-5-14-10-7(12)3-2-6(4-11)9(8)10/h2-3,5,11-12H,4H2,1H3. The Bertz CT molecular complexity index is 462. The Hall–Kier alpha value is -1.26. The zero-order valence-electron chi connectivity index (χ0n) is 7.65. The number of hydrogen-bond donors (Lipinski definition) is 2. The van der Waals surface area contributed by atoms with Crippen molar-refractivity contribution in [1.82, 2.24) is 0 Å². The highest BCUT2D eigenvalue weighted by molar-refractivity contribution is 7.18. The lowest BCUT2D eigenvalue weighted by Crippen LogP contribution is -1.86. The number of benzene rings is 1. The quantitative estimate of drug-likeness (QED) is 0.798. The Kier molecular flexibility index (Phi) is 2.31. The average molecular weight is 210 g/mol. The van der Waals surface area contributed by atoms with Crippen molar-refractivity contribution in [2.75, 3.05) is 7.11 Å². The molecule has 0 fully saturated rings. The molecule has 14 heavy (non-hydrogen) atoms. The van der Waals surface area contributed by atoms with E-state index in [1.54, 1.807) is 19.2 Å². The Morgan fingerprint density at radius 2 is 2.21 bits per heavy atom. The summed E-state index contributed by atoms with van der Waals surface area (Å²) in [4.78, 5) is 0. The summed E-state index contributed by atoms with van der Waals surface area (Å²) >= 11 is 1.41. The molecule has 4 heteroatoms. The monoisotopic (exact) mass is 210 g/mol. The SMILES string of the molecule is COc1csc2c(O)ccc(CO)c12. The predicted octanol–water partition coefficient (Wildman–Crippen LogP) is 2.11. The Labute approximate surface area is 85.2 Å². The molecule has 1 aromatic heterocycles. The number of phenolic OH excluding ortho intramolecular Hbond substituents is 1. The summed E-state index contributed by atoms with van der Waals surface area (Å²) in [7, 11) is 1.58. The topological polar surface area (TPSA) is 49.7 Å². The summed E-state index contributed by atoms with van der Waals surface area (Å²) in [6, 6.07) is 3.29. The summed E-state index contributed by atoms with van der Waals surface area (Å²) in [6.07, 6.45) is 0. The zero-order valence-corrected chi connectivity index (χ0v) is 8.47. The molecule has 3 nitrogen and oxygen atoms in total. The van der Waals surface area contributed by atoms with Crippen molar-refractivity contribution in [2.45, 2.75) is 6.61 Å². The number of rotatable bonds is 2. The molecule has 0 unspecified atom stereocenters. The van der Waals surface area contributed by atoms with Crippen LogP contribution < -0.4 is 4.74 Å². The van der Waals surface area contributed by atoms with Gasteiger partial charge < -0.3 is 14.9 Å². The third-order valence-electron chi connectivity index (χ3n) is 2.14. The van der Waals surface area contributed by atoms with Gasteiger partial charge in [-0.25, -0.2) is 0 Å². The second kappa shape index (κ2) is 3.48. The van der Waals surface area contributed by atoms with Crippen LogP contribution in [0.2, 0.25) is 0 Å². The van der Waals surface area contributed by atoms with Gasteiger partial charge in [0.2, 0.25) is 0 Å². The van der Waals surface area contributed by atoms with E-state index in [-0.39, 0.29) is 12.4 Å².